The number of hydrogen-bond donors (Lipinski definition) is 1. The maximum atomic E-state index is 4.27. The summed E-state index contributed by atoms with van der Waals surface area (Å²) in [5, 5.41) is 6.80. The summed E-state index contributed by atoms with van der Waals surface area (Å²) in [4.78, 5) is 4.27. The minimum atomic E-state index is 0.366. The van der Waals surface area contributed by atoms with Gasteiger partial charge in [0.05, 0.1) is 5.01 Å². The van der Waals surface area contributed by atoms with Crippen molar-refractivity contribution < 1.29 is 0 Å². The van der Waals surface area contributed by atoms with Crippen LogP contribution < -0.4 is 5.32 Å². The van der Waals surface area contributed by atoms with Crippen molar-refractivity contribution in [3.63, 3.8) is 0 Å². The van der Waals surface area contributed by atoms with E-state index in [1.54, 1.807) is 11.3 Å². The second-order valence-corrected chi connectivity index (χ2v) is 7.78. The molecular formula is C12H22N2S2. The van der Waals surface area contributed by atoms with Crippen molar-refractivity contribution in [2.24, 2.45) is 0 Å². The lowest BCUT2D eigenvalue weighted by molar-refractivity contribution is 0.594. The second kappa shape index (κ2) is 6.62. The molecule has 1 rings (SSSR count). The zero-order valence-corrected chi connectivity index (χ0v) is 12.3. The molecule has 0 bridgehead atoms. The number of thioether (sulfide) groups is 1. The third-order valence-corrected chi connectivity index (χ3v) is 4.45. The van der Waals surface area contributed by atoms with E-state index in [4.69, 9.17) is 0 Å². The van der Waals surface area contributed by atoms with E-state index in [-0.39, 0.29) is 0 Å². The van der Waals surface area contributed by atoms with Crippen molar-refractivity contribution in [3.8, 4) is 0 Å². The average molecular weight is 258 g/mol. The summed E-state index contributed by atoms with van der Waals surface area (Å²) in [6, 6.07) is 0.573. The van der Waals surface area contributed by atoms with E-state index in [9.17, 15) is 0 Å². The standard InChI is InChI=1S/C12H22N2S2/c1-10(9-16-12(2,3)4)13-6-5-11-14-7-8-15-11/h7-8,10,13H,5-6,9H2,1-4H3. The molecular weight excluding hydrogens is 236 g/mol. The molecule has 4 heteroatoms. The fourth-order valence-corrected chi connectivity index (χ4v) is 2.72. The van der Waals surface area contributed by atoms with E-state index >= 15 is 0 Å². The largest absolute Gasteiger partial charge is 0.313 e. The molecule has 0 fully saturated rings. The summed E-state index contributed by atoms with van der Waals surface area (Å²) in [7, 11) is 0. The molecule has 1 unspecified atom stereocenters. The third-order valence-electron chi connectivity index (χ3n) is 2.08. The Kier molecular flexibility index (Phi) is 5.79. The zero-order chi connectivity index (χ0) is 12.0. The molecule has 1 atom stereocenters. The van der Waals surface area contributed by atoms with Gasteiger partial charge in [0, 0.05) is 41.1 Å². The normalized spacial score (nSPS) is 14.0. The maximum absolute atomic E-state index is 4.27. The van der Waals surface area contributed by atoms with Crippen LogP contribution >= 0.6 is 23.1 Å². The lowest BCUT2D eigenvalue weighted by atomic mass is 10.3. The molecule has 1 heterocycles. The Morgan fingerprint density at radius 1 is 1.50 bits per heavy atom. The molecule has 1 aromatic heterocycles. The molecule has 0 radical (unpaired) electrons. The molecule has 0 amide bonds. The average Bonchev–Trinajstić information content (AvgIpc) is 2.66. The molecule has 0 aliphatic heterocycles. The predicted octanol–water partition coefficient (Wildman–Crippen LogP) is 3.20. The molecule has 92 valence electrons. The smallest absolute Gasteiger partial charge is 0.0937 e. The van der Waals surface area contributed by atoms with Crippen LogP contribution in [0.3, 0.4) is 0 Å². The van der Waals surface area contributed by atoms with Gasteiger partial charge in [0.2, 0.25) is 0 Å². The van der Waals surface area contributed by atoms with Crippen LogP contribution in [0.15, 0.2) is 11.6 Å². The van der Waals surface area contributed by atoms with Crippen LogP contribution in [0.4, 0.5) is 0 Å². The number of aromatic nitrogens is 1. The van der Waals surface area contributed by atoms with Crippen LogP contribution in [0, 0.1) is 0 Å². The summed E-state index contributed by atoms with van der Waals surface area (Å²) < 4.78 is 0.366. The fraction of sp³-hybridized carbons (Fsp3) is 0.750. The lowest BCUT2D eigenvalue weighted by Gasteiger charge is -2.21. The van der Waals surface area contributed by atoms with E-state index < -0.39 is 0 Å². The summed E-state index contributed by atoms with van der Waals surface area (Å²) in [5.74, 6) is 1.17. The number of nitrogens with one attached hydrogen (secondary N) is 1. The van der Waals surface area contributed by atoms with Gasteiger partial charge < -0.3 is 5.32 Å². The fourth-order valence-electron chi connectivity index (χ4n) is 1.24. The van der Waals surface area contributed by atoms with Gasteiger partial charge in [-0.2, -0.15) is 11.8 Å². The van der Waals surface area contributed by atoms with E-state index in [1.165, 1.54) is 10.8 Å². The Morgan fingerprint density at radius 2 is 2.25 bits per heavy atom. The van der Waals surface area contributed by atoms with Crippen molar-refractivity contribution in [3.05, 3.63) is 16.6 Å². The zero-order valence-electron chi connectivity index (χ0n) is 10.6. The van der Waals surface area contributed by atoms with Gasteiger partial charge in [0.1, 0.15) is 0 Å². The maximum Gasteiger partial charge on any atom is 0.0937 e. The highest BCUT2D eigenvalue weighted by atomic mass is 32.2. The highest BCUT2D eigenvalue weighted by molar-refractivity contribution is 8.00. The van der Waals surface area contributed by atoms with E-state index in [0.717, 1.165) is 13.0 Å². The Balaban J connectivity index is 2.09. The predicted molar refractivity (Wildman–Crippen MR) is 75.5 cm³/mol. The highest BCUT2D eigenvalue weighted by Gasteiger charge is 2.12. The summed E-state index contributed by atoms with van der Waals surface area (Å²) >= 11 is 3.75. The summed E-state index contributed by atoms with van der Waals surface area (Å²) in [6.45, 7) is 10.1. The van der Waals surface area contributed by atoms with Crippen LogP contribution in [0.25, 0.3) is 0 Å². The van der Waals surface area contributed by atoms with E-state index in [2.05, 4.69) is 38.0 Å². The topological polar surface area (TPSA) is 24.9 Å². The van der Waals surface area contributed by atoms with Crippen LogP contribution in [0.5, 0.6) is 0 Å². The first-order chi connectivity index (χ1) is 7.47. The second-order valence-electron chi connectivity index (χ2n) is 4.95. The number of hydrogen-bond acceptors (Lipinski definition) is 4. The molecule has 0 spiro atoms. The first kappa shape index (κ1) is 14.0. The molecule has 0 aliphatic rings. The number of nitrogens with zero attached hydrogens (tertiary/aromatic N) is 1. The van der Waals surface area contributed by atoms with Gasteiger partial charge in [0.25, 0.3) is 0 Å². The van der Waals surface area contributed by atoms with Gasteiger partial charge in [-0.05, 0) is 6.92 Å². The molecule has 1 N–H and O–H groups in total. The Bertz CT molecular complexity index is 278. The Labute approximate surface area is 107 Å². The SMILES string of the molecule is CC(CSC(C)(C)C)NCCc1nccs1. The number of thiazole rings is 1. The quantitative estimate of drug-likeness (QED) is 0.848. The van der Waals surface area contributed by atoms with Crippen molar-refractivity contribution >= 4 is 23.1 Å². The molecule has 0 saturated carbocycles. The Hall–Kier alpha value is -0.0600. The van der Waals surface area contributed by atoms with Crippen molar-refractivity contribution in [2.45, 2.75) is 44.9 Å². The van der Waals surface area contributed by atoms with Crippen molar-refractivity contribution in [2.75, 3.05) is 12.3 Å². The molecule has 1 aromatic rings. The van der Waals surface area contributed by atoms with Gasteiger partial charge in [-0.1, -0.05) is 20.8 Å². The summed E-state index contributed by atoms with van der Waals surface area (Å²) in [5.41, 5.74) is 0. The minimum absolute atomic E-state index is 0.366. The monoisotopic (exact) mass is 258 g/mol. The van der Waals surface area contributed by atoms with Gasteiger partial charge in [-0.15, -0.1) is 11.3 Å². The third kappa shape index (κ3) is 6.51. The van der Waals surface area contributed by atoms with Gasteiger partial charge in [-0.25, -0.2) is 4.98 Å². The van der Waals surface area contributed by atoms with Crippen LogP contribution in [-0.4, -0.2) is 28.1 Å². The van der Waals surface area contributed by atoms with Crippen molar-refractivity contribution in [1.82, 2.24) is 10.3 Å². The summed E-state index contributed by atoms with van der Waals surface area (Å²) in [6.07, 6.45) is 2.92. The molecule has 2 nitrogen and oxygen atoms in total. The van der Waals surface area contributed by atoms with Gasteiger partial charge in [-0.3, -0.25) is 0 Å². The van der Waals surface area contributed by atoms with Crippen LogP contribution in [0.1, 0.15) is 32.7 Å². The van der Waals surface area contributed by atoms with Gasteiger partial charge >= 0.3 is 0 Å². The van der Waals surface area contributed by atoms with Crippen molar-refractivity contribution in [1.29, 1.82) is 0 Å². The van der Waals surface area contributed by atoms with Gasteiger partial charge in [0.15, 0.2) is 0 Å². The first-order valence-electron chi connectivity index (χ1n) is 5.73. The molecule has 0 aliphatic carbocycles. The van der Waals surface area contributed by atoms with E-state index in [1.807, 2.05) is 23.3 Å². The first-order valence-corrected chi connectivity index (χ1v) is 7.59. The minimum Gasteiger partial charge on any atom is -0.313 e. The van der Waals surface area contributed by atoms with Crippen LogP contribution in [-0.2, 0) is 6.42 Å². The van der Waals surface area contributed by atoms with E-state index in [0.29, 0.717) is 10.8 Å². The molecule has 0 saturated heterocycles. The highest BCUT2D eigenvalue weighted by Crippen LogP contribution is 2.23. The molecule has 16 heavy (non-hydrogen) atoms. The lowest BCUT2D eigenvalue weighted by Crippen LogP contribution is -2.31. The Morgan fingerprint density at radius 3 is 2.81 bits per heavy atom. The molecule has 0 aromatic carbocycles. The number of rotatable bonds is 6. The van der Waals surface area contributed by atoms with Crippen LogP contribution in [0.2, 0.25) is 0 Å².